The van der Waals surface area contributed by atoms with Gasteiger partial charge in [0.1, 0.15) is 17.0 Å². The fourth-order valence-electron chi connectivity index (χ4n) is 3.58. The molecule has 1 aliphatic rings. The van der Waals surface area contributed by atoms with Gasteiger partial charge in [0, 0.05) is 29.4 Å². The highest BCUT2D eigenvalue weighted by Gasteiger charge is 2.34. The monoisotopic (exact) mass is 453 g/mol. The van der Waals surface area contributed by atoms with Gasteiger partial charge in [-0.15, -0.1) is 0 Å². The zero-order valence-electron chi connectivity index (χ0n) is 16.8. The zero-order valence-corrected chi connectivity index (χ0v) is 17.6. The summed E-state index contributed by atoms with van der Waals surface area (Å²) in [5, 5.41) is 6.09. The number of piperidine rings is 1. The van der Waals surface area contributed by atoms with E-state index in [9.17, 15) is 18.0 Å². The molecule has 1 aliphatic heterocycles. The molecule has 0 aromatic carbocycles. The smallest absolute Gasteiger partial charge is 0.417 e. The molecule has 31 heavy (non-hydrogen) atoms. The molecule has 0 unspecified atom stereocenters. The first-order chi connectivity index (χ1) is 14.9. The number of hydrogen-bond acceptors (Lipinski definition) is 6. The van der Waals surface area contributed by atoms with Crippen LogP contribution in [0.5, 0.6) is 5.88 Å². The van der Waals surface area contributed by atoms with Crippen LogP contribution < -0.4 is 15.4 Å². The Morgan fingerprint density at radius 1 is 1.32 bits per heavy atom. The Bertz CT molecular complexity index is 1100. The van der Waals surface area contributed by atoms with E-state index in [4.69, 9.17) is 4.74 Å². The summed E-state index contributed by atoms with van der Waals surface area (Å²) in [5.74, 6) is 0.153. The molecule has 3 aromatic heterocycles. The molecule has 0 bridgehead atoms. The van der Waals surface area contributed by atoms with E-state index >= 15 is 0 Å². The number of imidazole rings is 1. The average molecular weight is 453 g/mol. The molecule has 0 radical (unpaired) electrons. The van der Waals surface area contributed by atoms with Crippen molar-refractivity contribution >= 4 is 34.3 Å². The predicted octanol–water partition coefficient (Wildman–Crippen LogP) is 3.12. The molecule has 0 aliphatic carbocycles. The minimum Gasteiger partial charge on any atom is -0.477 e. The fourth-order valence-corrected chi connectivity index (χ4v) is 3.83. The molecule has 11 heteroatoms. The highest BCUT2D eigenvalue weighted by molar-refractivity contribution is 7.98. The number of ether oxygens (including phenoxy) is 1. The van der Waals surface area contributed by atoms with E-state index in [0.717, 1.165) is 32.0 Å². The Morgan fingerprint density at radius 3 is 2.81 bits per heavy atom. The van der Waals surface area contributed by atoms with Crippen LogP contribution in [0.4, 0.5) is 13.2 Å². The lowest BCUT2D eigenvalue weighted by Crippen LogP contribution is -2.42. The van der Waals surface area contributed by atoms with Gasteiger partial charge < -0.3 is 15.4 Å². The Labute approximate surface area is 180 Å². The van der Waals surface area contributed by atoms with E-state index in [1.165, 1.54) is 34.5 Å². The summed E-state index contributed by atoms with van der Waals surface area (Å²) in [5.41, 5.74) is -0.326. The standard InChI is InChI=1S/C20H22F3N5O2S/c1-31-9-8-30-17-10-14(20(21,22)23)13-2-3-16-26-15(11-28(16)18(13)27-17)19(29)25-12-4-6-24-7-5-12/h2-3,10-12,24H,4-9H2,1H3,(H,25,29). The van der Waals surface area contributed by atoms with Crippen LogP contribution in [0.3, 0.4) is 0 Å². The van der Waals surface area contributed by atoms with Gasteiger partial charge in [-0.25, -0.2) is 4.98 Å². The first kappa shape index (κ1) is 21.7. The van der Waals surface area contributed by atoms with Crippen molar-refractivity contribution in [2.75, 3.05) is 31.7 Å². The number of nitrogens with one attached hydrogen (secondary N) is 2. The van der Waals surface area contributed by atoms with Crippen LogP contribution in [0.2, 0.25) is 0 Å². The number of carbonyl (C=O) groups excluding carboxylic acids is 1. The first-order valence-corrected chi connectivity index (χ1v) is 11.3. The largest absolute Gasteiger partial charge is 0.477 e. The van der Waals surface area contributed by atoms with Crippen LogP contribution >= 0.6 is 11.8 Å². The Kier molecular flexibility index (Phi) is 6.24. The quantitative estimate of drug-likeness (QED) is 0.559. The summed E-state index contributed by atoms with van der Waals surface area (Å²) in [6.45, 7) is 1.88. The summed E-state index contributed by atoms with van der Waals surface area (Å²) in [7, 11) is 0. The van der Waals surface area contributed by atoms with Crippen molar-refractivity contribution in [3.8, 4) is 5.88 Å². The van der Waals surface area contributed by atoms with Gasteiger partial charge in [-0.05, 0) is 44.3 Å². The third kappa shape index (κ3) is 4.72. The van der Waals surface area contributed by atoms with Crippen molar-refractivity contribution < 1.29 is 22.7 Å². The predicted molar refractivity (Wildman–Crippen MR) is 113 cm³/mol. The van der Waals surface area contributed by atoms with E-state index in [1.807, 2.05) is 6.26 Å². The van der Waals surface area contributed by atoms with Crippen molar-refractivity contribution in [3.63, 3.8) is 0 Å². The fraction of sp³-hybridized carbons (Fsp3) is 0.450. The lowest BCUT2D eigenvalue weighted by atomic mass is 10.1. The average Bonchev–Trinajstić information content (AvgIpc) is 3.19. The van der Waals surface area contributed by atoms with Gasteiger partial charge in [-0.2, -0.15) is 29.9 Å². The highest BCUT2D eigenvalue weighted by atomic mass is 32.2. The maximum atomic E-state index is 13.7. The molecule has 1 fully saturated rings. The number of carbonyl (C=O) groups is 1. The minimum absolute atomic E-state index is 0.0416. The lowest BCUT2D eigenvalue weighted by molar-refractivity contribution is -0.136. The van der Waals surface area contributed by atoms with Gasteiger partial charge in [0.25, 0.3) is 5.91 Å². The lowest BCUT2D eigenvalue weighted by Gasteiger charge is -2.23. The van der Waals surface area contributed by atoms with E-state index in [-0.39, 0.29) is 41.2 Å². The molecule has 4 rings (SSSR count). The Hall–Kier alpha value is -2.53. The number of pyridine rings is 2. The molecule has 1 saturated heterocycles. The Morgan fingerprint density at radius 2 is 2.10 bits per heavy atom. The van der Waals surface area contributed by atoms with Crippen molar-refractivity contribution in [2.45, 2.75) is 25.1 Å². The van der Waals surface area contributed by atoms with Gasteiger partial charge in [0.2, 0.25) is 5.88 Å². The highest BCUT2D eigenvalue weighted by Crippen LogP contribution is 2.36. The third-order valence-corrected chi connectivity index (χ3v) is 5.70. The normalized spacial score (nSPS) is 15.5. The van der Waals surface area contributed by atoms with Gasteiger partial charge in [0.05, 0.1) is 12.2 Å². The molecule has 0 saturated carbocycles. The van der Waals surface area contributed by atoms with Crippen molar-refractivity contribution in [3.05, 3.63) is 35.7 Å². The second-order valence-corrected chi connectivity index (χ2v) is 8.26. The SMILES string of the molecule is CSCCOc1cc(C(F)(F)F)c2ccc3nc(C(=O)NC4CCNCC4)cn3c2n1. The summed E-state index contributed by atoms with van der Waals surface area (Å²) < 4.78 is 47.9. The van der Waals surface area contributed by atoms with Crippen LogP contribution in [-0.4, -0.2) is 58.0 Å². The molecule has 2 N–H and O–H groups in total. The zero-order chi connectivity index (χ0) is 22.0. The van der Waals surface area contributed by atoms with Crippen molar-refractivity contribution in [2.24, 2.45) is 0 Å². The molecular formula is C20H22F3N5O2S. The first-order valence-electron chi connectivity index (χ1n) is 9.90. The van der Waals surface area contributed by atoms with E-state index in [0.29, 0.717) is 11.4 Å². The van der Waals surface area contributed by atoms with Gasteiger partial charge in [-0.3, -0.25) is 9.20 Å². The van der Waals surface area contributed by atoms with Crippen LogP contribution in [0.25, 0.3) is 16.7 Å². The van der Waals surface area contributed by atoms with Gasteiger partial charge in [0.15, 0.2) is 0 Å². The van der Waals surface area contributed by atoms with Crippen LogP contribution in [-0.2, 0) is 6.18 Å². The number of alkyl halides is 3. The topological polar surface area (TPSA) is 80.5 Å². The molecular weight excluding hydrogens is 431 g/mol. The molecule has 1 amide bonds. The number of halogens is 3. The summed E-state index contributed by atoms with van der Waals surface area (Å²) >= 11 is 1.52. The molecule has 0 atom stereocenters. The number of fused-ring (bicyclic) bond motifs is 3. The molecule has 4 heterocycles. The minimum atomic E-state index is -4.58. The maximum absolute atomic E-state index is 13.7. The van der Waals surface area contributed by atoms with Gasteiger partial charge >= 0.3 is 6.18 Å². The number of nitrogens with zero attached hydrogens (tertiary/aromatic N) is 3. The molecule has 3 aromatic rings. The number of thioether (sulfide) groups is 1. The number of aromatic nitrogens is 3. The summed E-state index contributed by atoms with van der Waals surface area (Å²) in [6.07, 6.45) is 0.351. The van der Waals surface area contributed by atoms with Gasteiger partial charge in [-0.1, -0.05) is 0 Å². The van der Waals surface area contributed by atoms with Crippen molar-refractivity contribution in [1.29, 1.82) is 0 Å². The summed E-state index contributed by atoms with van der Waals surface area (Å²) in [4.78, 5) is 21.2. The van der Waals surface area contributed by atoms with Crippen LogP contribution in [0.15, 0.2) is 24.4 Å². The maximum Gasteiger partial charge on any atom is 0.417 e. The number of rotatable bonds is 6. The second kappa shape index (κ2) is 8.91. The van der Waals surface area contributed by atoms with Crippen molar-refractivity contribution in [1.82, 2.24) is 25.0 Å². The molecule has 166 valence electrons. The molecule has 7 nitrogen and oxygen atoms in total. The summed E-state index contributed by atoms with van der Waals surface area (Å²) in [6, 6.07) is 3.74. The number of hydrogen-bond donors (Lipinski definition) is 2. The number of amides is 1. The molecule has 0 spiro atoms. The van der Waals surface area contributed by atoms with E-state index < -0.39 is 11.7 Å². The Balaban J connectivity index is 1.74. The van der Waals surface area contributed by atoms with E-state index in [1.54, 1.807) is 0 Å². The van der Waals surface area contributed by atoms with Crippen LogP contribution in [0.1, 0.15) is 28.9 Å². The second-order valence-electron chi connectivity index (χ2n) is 7.27. The van der Waals surface area contributed by atoms with Crippen LogP contribution in [0, 0.1) is 0 Å². The van der Waals surface area contributed by atoms with E-state index in [2.05, 4.69) is 20.6 Å². The third-order valence-electron chi connectivity index (χ3n) is 5.13.